The van der Waals surface area contributed by atoms with E-state index in [0.717, 1.165) is 4.47 Å². The molecule has 0 radical (unpaired) electrons. The molecule has 0 saturated carbocycles. The second-order valence-corrected chi connectivity index (χ2v) is 5.03. The van der Waals surface area contributed by atoms with Crippen molar-refractivity contribution in [1.29, 1.82) is 0 Å². The fourth-order valence-electron chi connectivity index (χ4n) is 1.74. The van der Waals surface area contributed by atoms with Crippen molar-refractivity contribution in [3.63, 3.8) is 0 Å². The molecule has 0 heterocycles. The standard InChI is InChI=1S/C15H17BrO5/c1-3-20-14(18)13(15(19)21-4-2)12(17)9-10-7-5-6-8-11(10)16/h5-8,13H,3-4,9H2,1-2H3. The van der Waals surface area contributed by atoms with Crippen LogP contribution >= 0.6 is 15.9 Å². The van der Waals surface area contributed by atoms with Gasteiger partial charge in [-0.05, 0) is 25.5 Å². The lowest BCUT2D eigenvalue weighted by molar-refractivity contribution is -0.163. The molecule has 6 heteroatoms. The van der Waals surface area contributed by atoms with Gasteiger partial charge in [-0.1, -0.05) is 34.1 Å². The SMILES string of the molecule is CCOC(=O)C(C(=O)Cc1ccccc1Br)C(=O)OCC. The van der Waals surface area contributed by atoms with Crippen molar-refractivity contribution in [3.05, 3.63) is 34.3 Å². The average Bonchev–Trinajstić information content (AvgIpc) is 2.42. The Morgan fingerprint density at radius 1 is 1.05 bits per heavy atom. The van der Waals surface area contributed by atoms with Gasteiger partial charge < -0.3 is 9.47 Å². The van der Waals surface area contributed by atoms with Crippen LogP contribution in [-0.4, -0.2) is 30.9 Å². The van der Waals surface area contributed by atoms with Gasteiger partial charge >= 0.3 is 11.9 Å². The molecule has 0 unspecified atom stereocenters. The van der Waals surface area contributed by atoms with E-state index in [1.807, 2.05) is 6.07 Å². The third-order valence-electron chi connectivity index (χ3n) is 2.69. The summed E-state index contributed by atoms with van der Waals surface area (Å²) in [6.45, 7) is 3.41. The maximum atomic E-state index is 12.3. The van der Waals surface area contributed by atoms with Crippen molar-refractivity contribution in [1.82, 2.24) is 0 Å². The number of carbonyl (C=O) groups is 3. The topological polar surface area (TPSA) is 69.7 Å². The second kappa shape index (κ2) is 8.56. The number of halogens is 1. The predicted octanol–water partition coefficient (Wildman–Crippen LogP) is 2.30. The summed E-state index contributed by atoms with van der Waals surface area (Å²) in [5.41, 5.74) is 0.695. The molecule has 0 saturated heterocycles. The lowest BCUT2D eigenvalue weighted by atomic mass is 9.98. The van der Waals surface area contributed by atoms with Crippen LogP contribution in [0.15, 0.2) is 28.7 Å². The summed E-state index contributed by atoms with van der Waals surface area (Å²) in [6, 6.07) is 7.12. The fraction of sp³-hybridized carbons (Fsp3) is 0.400. The lowest BCUT2D eigenvalue weighted by Gasteiger charge is -2.13. The van der Waals surface area contributed by atoms with Crippen molar-refractivity contribution in [2.45, 2.75) is 20.3 Å². The summed E-state index contributed by atoms with van der Waals surface area (Å²) >= 11 is 3.32. The summed E-state index contributed by atoms with van der Waals surface area (Å²) in [5.74, 6) is -3.81. The summed E-state index contributed by atoms with van der Waals surface area (Å²) in [6.07, 6.45) is -0.0519. The smallest absolute Gasteiger partial charge is 0.328 e. The Balaban J connectivity index is 2.92. The predicted molar refractivity (Wildman–Crippen MR) is 79.6 cm³/mol. The van der Waals surface area contributed by atoms with E-state index in [4.69, 9.17) is 9.47 Å². The molecule has 114 valence electrons. The van der Waals surface area contributed by atoms with E-state index in [9.17, 15) is 14.4 Å². The minimum Gasteiger partial charge on any atom is -0.465 e. The van der Waals surface area contributed by atoms with E-state index in [2.05, 4.69) is 15.9 Å². The van der Waals surface area contributed by atoms with Crippen molar-refractivity contribution < 1.29 is 23.9 Å². The highest BCUT2D eigenvalue weighted by Gasteiger charge is 2.36. The van der Waals surface area contributed by atoms with Crippen molar-refractivity contribution in [2.75, 3.05) is 13.2 Å². The third kappa shape index (κ3) is 4.97. The van der Waals surface area contributed by atoms with Crippen molar-refractivity contribution in [2.24, 2.45) is 5.92 Å². The van der Waals surface area contributed by atoms with Crippen molar-refractivity contribution >= 4 is 33.7 Å². The molecule has 1 aromatic carbocycles. The highest BCUT2D eigenvalue weighted by Crippen LogP contribution is 2.19. The van der Waals surface area contributed by atoms with E-state index in [1.54, 1.807) is 32.0 Å². The molecule has 5 nitrogen and oxygen atoms in total. The number of benzene rings is 1. The Labute approximate surface area is 131 Å². The van der Waals surface area contributed by atoms with Crippen LogP contribution in [0.5, 0.6) is 0 Å². The number of carbonyl (C=O) groups excluding carboxylic acids is 3. The molecule has 0 bridgehead atoms. The highest BCUT2D eigenvalue weighted by molar-refractivity contribution is 9.10. The Bertz CT molecular complexity index is 509. The van der Waals surface area contributed by atoms with Crippen molar-refractivity contribution in [3.8, 4) is 0 Å². The Morgan fingerprint density at radius 2 is 1.57 bits per heavy atom. The van der Waals surface area contributed by atoms with Gasteiger partial charge in [-0.15, -0.1) is 0 Å². The Morgan fingerprint density at radius 3 is 2.05 bits per heavy atom. The van der Waals surface area contributed by atoms with Gasteiger partial charge in [0.15, 0.2) is 5.78 Å². The van der Waals surface area contributed by atoms with Crippen LogP contribution in [0, 0.1) is 5.92 Å². The van der Waals surface area contributed by atoms with Crippen LogP contribution in [0.25, 0.3) is 0 Å². The largest absolute Gasteiger partial charge is 0.465 e. The minimum absolute atomic E-state index is 0.0519. The molecule has 1 aromatic rings. The minimum atomic E-state index is -1.53. The van der Waals surface area contributed by atoms with Gasteiger partial charge in [0.2, 0.25) is 5.92 Å². The van der Waals surface area contributed by atoms with E-state index >= 15 is 0 Å². The molecule has 0 aliphatic rings. The van der Waals surface area contributed by atoms with Gasteiger partial charge in [0.1, 0.15) is 0 Å². The molecule has 21 heavy (non-hydrogen) atoms. The first-order chi connectivity index (χ1) is 10.0. The summed E-state index contributed by atoms with van der Waals surface area (Å²) in [4.78, 5) is 35.9. The summed E-state index contributed by atoms with van der Waals surface area (Å²) < 4.78 is 10.3. The first-order valence-electron chi connectivity index (χ1n) is 6.60. The van der Waals surface area contributed by atoms with Gasteiger partial charge in [-0.2, -0.15) is 0 Å². The highest BCUT2D eigenvalue weighted by atomic mass is 79.9. The monoisotopic (exact) mass is 356 g/mol. The quantitative estimate of drug-likeness (QED) is 0.553. The first-order valence-corrected chi connectivity index (χ1v) is 7.39. The van der Waals surface area contributed by atoms with Gasteiger partial charge in [0, 0.05) is 10.9 Å². The zero-order valence-electron chi connectivity index (χ0n) is 11.9. The van der Waals surface area contributed by atoms with Crippen LogP contribution in [0.2, 0.25) is 0 Å². The van der Waals surface area contributed by atoms with Gasteiger partial charge in [0.05, 0.1) is 13.2 Å². The molecule has 0 fully saturated rings. The molecule has 0 amide bonds. The number of Topliss-reactive ketones (excluding diaryl/α,β-unsaturated/α-hetero) is 1. The van der Waals surface area contributed by atoms with Crippen LogP contribution in [-0.2, 0) is 30.3 Å². The lowest BCUT2D eigenvalue weighted by Crippen LogP contribution is -2.35. The average molecular weight is 357 g/mol. The molecule has 0 N–H and O–H groups in total. The van der Waals surface area contributed by atoms with Crippen LogP contribution < -0.4 is 0 Å². The molecule has 0 aliphatic carbocycles. The maximum absolute atomic E-state index is 12.3. The maximum Gasteiger partial charge on any atom is 0.328 e. The Hall–Kier alpha value is -1.69. The van der Waals surface area contributed by atoms with Gasteiger partial charge in [-0.3, -0.25) is 14.4 Å². The van der Waals surface area contributed by atoms with Crippen LogP contribution in [0.3, 0.4) is 0 Å². The van der Waals surface area contributed by atoms with Crippen LogP contribution in [0.1, 0.15) is 19.4 Å². The molecule has 0 aromatic heterocycles. The van der Waals surface area contributed by atoms with Gasteiger partial charge in [-0.25, -0.2) is 0 Å². The molecule has 0 atom stereocenters. The zero-order chi connectivity index (χ0) is 15.8. The summed E-state index contributed by atoms with van der Waals surface area (Å²) in [5, 5.41) is 0. The molecule has 1 rings (SSSR count). The van der Waals surface area contributed by atoms with E-state index in [1.165, 1.54) is 0 Å². The first kappa shape index (κ1) is 17.4. The van der Waals surface area contributed by atoms with E-state index < -0.39 is 23.6 Å². The fourth-order valence-corrected chi connectivity index (χ4v) is 2.17. The molecule has 0 aliphatic heterocycles. The zero-order valence-corrected chi connectivity index (χ0v) is 13.5. The van der Waals surface area contributed by atoms with E-state index in [-0.39, 0.29) is 19.6 Å². The third-order valence-corrected chi connectivity index (χ3v) is 3.46. The Kier molecular flexibility index (Phi) is 7.08. The number of hydrogen-bond donors (Lipinski definition) is 0. The van der Waals surface area contributed by atoms with Crippen LogP contribution in [0.4, 0.5) is 0 Å². The van der Waals surface area contributed by atoms with Gasteiger partial charge in [0.25, 0.3) is 0 Å². The molecular formula is C15H17BrO5. The molecule has 0 spiro atoms. The number of ether oxygens (including phenoxy) is 2. The number of ketones is 1. The number of esters is 2. The second-order valence-electron chi connectivity index (χ2n) is 4.17. The normalized spacial score (nSPS) is 10.3. The summed E-state index contributed by atoms with van der Waals surface area (Å²) in [7, 11) is 0. The molecular weight excluding hydrogens is 340 g/mol. The van der Waals surface area contributed by atoms with E-state index in [0.29, 0.717) is 5.56 Å². The number of rotatable bonds is 7. The number of hydrogen-bond acceptors (Lipinski definition) is 5.